The van der Waals surface area contributed by atoms with Gasteiger partial charge in [-0.25, -0.2) is 9.97 Å². The molecule has 0 N–H and O–H groups in total. The van der Waals surface area contributed by atoms with Gasteiger partial charge in [-0.1, -0.05) is 0 Å². The second-order valence-electron chi connectivity index (χ2n) is 3.47. The molecule has 1 heterocycles. The Morgan fingerprint density at radius 3 is 2.88 bits per heavy atom. The largest absolute Gasteiger partial charge is 0.465 e. The minimum absolute atomic E-state index is 0.0577. The monoisotopic (exact) mass is 234 g/mol. The van der Waals surface area contributed by atoms with Gasteiger partial charge in [0.25, 0.3) is 0 Å². The van der Waals surface area contributed by atoms with Crippen molar-refractivity contribution in [2.75, 3.05) is 25.1 Å². The third kappa shape index (κ3) is 3.72. The van der Waals surface area contributed by atoms with Gasteiger partial charge in [-0.3, -0.25) is 4.79 Å². The van der Waals surface area contributed by atoms with E-state index >= 15 is 0 Å². The number of hydrogen-bond donors (Lipinski definition) is 0. The Morgan fingerprint density at radius 2 is 2.29 bits per heavy atom. The number of nitrogens with zero attached hydrogens (tertiary/aromatic N) is 4. The van der Waals surface area contributed by atoms with Crippen LogP contribution in [-0.4, -0.2) is 36.1 Å². The van der Waals surface area contributed by atoms with Crippen LogP contribution in [0.1, 0.15) is 18.3 Å². The molecule has 0 saturated carbocycles. The summed E-state index contributed by atoms with van der Waals surface area (Å²) in [4.78, 5) is 21.0. The van der Waals surface area contributed by atoms with Gasteiger partial charge in [0.2, 0.25) is 5.95 Å². The maximum atomic E-state index is 11.3. The van der Waals surface area contributed by atoms with Crippen LogP contribution in [-0.2, 0) is 9.53 Å². The molecule has 6 heteroatoms. The summed E-state index contributed by atoms with van der Waals surface area (Å²) in [5.41, 5.74) is 0.963. The molecule has 0 aliphatic heterocycles. The maximum absolute atomic E-state index is 11.3. The molecule has 0 amide bonds. The zero-order valence-electron chi connectivity index (χ0n) is 10.1. The van der Waals surface area contributed by atoms with Crippen molar-refractivity contribution in [3.63, 3.8) is 0 Å². The van der Waals surface area contributed by atoms with Crippen molar-refractivity contribution in [2.45, 2.75) is 13.8 Å². The van der Waals surface area contributed by atoms with E-state index in [1.54, 1.807) is 31.9 Å². The van der Waals surface area contributed by atoms with Crippen LogP contribution in [0.3, 0.4) is 0 Å². The van der Waals surface area contributed by atoms with Crippen molar-refractivity contribution in [1.82, 2.24) is 9.97 Å². The Bertz CT molecular complexity index is 453. The lowest BCUT2D eigenvalue weighted by atomic mass is 10.3. The summed E-state index contributed by atoms with van der Waals surface area (Å²) in [6, 6.07) is 3.53. The Balaban J connectivity index is 2.82. The molecule has 1 aromatic heterocycles. The van der Waals surface area contributed by atoms with Crippen LogP contribution in [0.25, 0.3) is 0 Å². The predicted molar refractivity (Wildman–Crippen MR) is 61.4 cm³/mol. The fourth-order valence-corrected chi connectivity index (χ4v) is 1.25. The number of esters is 1. The number of likely N-dealkylation sites (N-methyl/N-ethyl adjacent to an activating group) is 1. The van der Waals surface area contributed by atoms with Crippen molar-refractivity contribution in [2.24, 2.45) is 0 Å². The molecule has 0 aliphatic rings. The number of carbonyl (C=O) groups is 1. The molecule has 1 rings (SSSR count). The van der Waals surface area contributed by atoms with Crippen LogP contribution in [0.5, 0.6) is 0 Å². The first kappa shape index (κ1) is 12.9. The molecule has 17 heavy (non-hydrogen) atoms. The number of anilines is 1. The van der Waals surface area contributed by atoms with Crippen LogP contribution in [0.2, 0.25) is 0 Å². The fourth-order valence-electron chi connectivity index (χ4n) is 1.25. The molecule has 0 fully saturated rings. The van der Waals surface area contributed by atoms with E-state index in [1.165, 1.54) is 0 Å². The zero-order valence-corrected chi connectivity index (χ0v) is 10.1. The van der Waals surface area contributed by atoms with Crippen molar-refractivity contribution in [3.8, 4) is 6.07 Å². The summed E-state index contributed by atoms with van der Waals surface area (Å²) in [6.45, 7) is 3.91. The molecule has 0 radical (unpaired) electrons. The number of rotatable bonds is 4. The quantitative estimate of drug-likeness (QED) is 0.712. The summed E-state index contributed by atoms with van der Waals surface area (Å²) in [7, 11) is 1.67. The summed E-state index contributed by atoms with van der Waals surface area (Å²) in [5.74, 6) is -0.00628. The topological polar surface area (TPSA) is 79.1 Å². The van der Waals surface area contributed by atoms with E-state index in [0.717, 1.165) is 0 Å². The molecule has 0 saturated heterocycles. The minimum Gasteiger partial charge on any atom is -0.465 e. The summed E-state index contributed by atoms with van der Waals surface area (Å²) < 4.78 is 4.82. The van der Waals surface area contributed by atoms with Crippen molar-refractivity contribution < 1.29 is 9.53 Å². The molecule has 0 unspecified atom stereocenters. The van der Waals surface area contributed by atoms with Crippen molar-refractivity contribution in [1.29, 1.82) is 5.26 Å². The second-order valence-corrected chi connectivity index (χ2v) is 3.47. The average Bonchev–Trinajstić information content (AvgIpc) is 2.28. The average molecular weight is 234 g/mol. The molecule has 6 nitrogen and oxygen atoms in total. The highest BCUT2D eigenvalue weighted by Crippen LogP contribution is 2.08. The molecule has 0 bridgehead atoms. The number of aryl methyl sites for hydroxylation is 1. The van der Waals surface area contributed by atoms with Gasteiger partial charge < -0.3 is 9.64 Å². The van der Waals surface area contributed by atoms with Gasteiger partial charge in [0.1, 0.15) is 18.3 Å². The van der Waals surface area contributed by atoms with Crippen LogP contribution in [0, 0.1) is 18.3 Å². The lowest BCUT2D eigenvalue weighted by molar-refractivity contribution is -0.141. The first-order valence-electron chi connectivity index (χ1n) is 5.19. The zero-order chi connectivity index (χ0) is 12.8. The second kappa shape index (κ2) is 5.80. The number of hydrogen-bond acceptors (Lipinski definition) is 6. The van der Waals surface area contributed by atoms with Gasteiger partial charge in [0, 0.05) is 12.7 Å². The van der Waals surface area contributed by atoms with E-state index in [4.69, 9.17) is 10.00 Å². The lowest BCUT2D eigenvalue weighted by Gasteiger charge is -2.16. The third-order valence-electron chi connectivity index (χ3n) is 1.97. The highest BCUT2D eigenvalue weighted by molar-refractivity contribution is 5.74. The maximum Gasteiger partial charge on any atom is 0.325 e. The molecule has 0 aromatic carbocycles. The summed E-state index contributed by atoms with van der Waals surface area (Å²) in [6.07, 6.45) is 0. The number of ether oxygens (including phenoxy) is 1. The van der Waals surface area contributed by atoms with Gasteiger partial charge in [0.15, 0.2) is 0 Å². The molecule has 0 aliphatic carbocycles. The molecule has 1 aromatic rings. The molecule has 0 atom stereocenters. The third-order valence-corrected chi connectivity index (χ3v) is 1.97. The van der Waals surface area contributed by atoms with Gasteiger partial charge in [-0.15, -0.1) is 0 Å². The number of carbonyl (C=O) groups excluding carboxylic acids is 1. The molecular formula is C11H14N4O2. The van der Waals surface area contributed by atoms with Crippen molar-refractivity contribution >= 4 is 11.9 Å². The van der Waals surface area contributed by atoms with E-state index < -0.39 is 0 Å². The van der Waals surface area contributed by atoms with Gasteiger partial charge >= 0.3 is 5.97 Å². The highest BCUT2D eigenvalue weighted by atomic mass is 16.5. The van der Waals surface area contributed by atoms with Gasteiger partial charge in [0.05, 0.1) is 6.61 Å². The van der Waals surface area contributed by atoms with Crippen LogP contribution < -0.4 is 4.90 Å². The number of aromatic nitrogens is 2. The lowest BCUT2D eigenvalue weighted by Crippen LogP contribution is -2.28. The fraction of sp³-hybridized carbons (Fsp3) is 0.455. The van der Waals surface area contributed by atoms with Gasteiger partial charge in [-0.05, 0) is 19.9 Å². The predicted octanol–water partition coefficient (Wildman–Crippen LogP) is 0.656. The number of nitriles is 1. The van der Waals surface area contributed by atoms with Crippen LogP contribution in [0.4, 0.5) is 5.95 Å². The Morgan fingerprint density at radius 1 is 1.59 bits per heavy atom. The van der Waals surface area contributed by atoms with Crippen LogP contribution >= 0.6 is 0 Å². The normalized spacial score (nSPS) is 9.53. The van der Waals surface area contributed by atoms with Crippen LogP contribution in [0.15, 0.2) is 6.07 Å². The smallest absolute Gasteiger partial charge is 0.325 e. The van der Waals surface area contributed by atoms with E-state index in [0.29, 0.717) is 18.2 Å². The van der Waals surface area contributed by atoms with Gasteiger partial charge in [-0.2, -0.15) is 5.26 Å². The minimum atomic E-state index is -0.349. The van der Waals surface area contributed by atoms with E-state index in [2.05, 4.69) is 9.97 Å². The Labute approximate surface area is 99.9 Å². The summed E-state index contributed by atoms with van der Waals surface area (Å²) in [5, 5.41) is 8.78. The van der Waals surface area contributed by atoms with E-state index in [9.17, 15) is 4.79 Å². The first-order valence-corrected chi connectivity index (χ1v) is 5.19. The standard InChI is InChI=1S/C11H14N4O2/c1-4-17-10(16)7-15(3)11-13-8(2)5-9(6-12)14-11/h5H,4,7H2,1-3H3. The molecular weight excluding hydrogens is 220 g/mol. The summed E-state index contributed by atoms with van der Waals surface area (Å²) >= 11 is 0. The molecule has 90 valence electrons. The van der Waals surface area contributed by atoms with E-state index in [1.807, 2.05) is 6.07 Å². The highest BCUT2D eigenvalue weighted by Gasteiger charge is 2.11. The van der Waals surface area contributed by atoms with Crippen molar-refractivity contribution in [3.05, 3.63) is 17.5 Å². The molecule has 0 spiro atoms. The Kier molecular flexibility index (Phi) is 4.40. The Hall–Kier alpha value is -2.16. The SMILES string of the molecule is CCOC(=O)CN(C)c1nc(C)cc(C#N)n1. The first-order chi connectivity index (χ1) is 8.06. The van der Waals surface area contributed by atoms with E-state index in [-0.39, 0.29) is 18.2 Å².